The van der Waals surface area contributed by atoms with Gasteiger partial charge < -0.3 is 5.32 Å². The highest BCUT2D eigenvalue weighted by molar-refractivity contribution is 7.12. The summed E-state index contributed by atoms with van der Waals surface area (Å²) in [5, 5.41) is 3.55. The molecule has 1 unspecified atom stereocenters. The molecule has 1 heterocycles. The molecule has 1 nitrogen and oxygen atoms in total. The maximum atomic E-state index is 3.55. The third-order valence-electron chi connectivity index (χ3n) is 2.29. The second-order valence-electron chi connectivity index (χ2n) is 4.18. The van der Waals surface area contributed by atoms with Crippen LogP contribution < -0.4 is 5.32 Å². The van der Waals surface area contributed by atoms with Gasteiger partial charge >= 0.3 is 0 Å². The van der Waals surface area contributed by atoms with Crippen molar-refractivity contribution in [2.75, 3.05) is 6.54 Å². The molecule has 0 aliphatic rings. The molecule has 1 aromatic rings. The van der Waals surface area contributed by atoms with Gasteiger partial charge in [0.2, 0.25) is 0 Å². The van der Waals surface area contributed by atoms with E-state index in [4.69, 9.17) is 0 Å². The summed E-state index contributed by atoms with van der Waals surface area (Å²) in [6, 6.07) is 5.00. The fraction of sp³-hybridized carbons (Fsp3) is 0.667. The molecule has 0 fully saturated rings. The first-order valence-electron chi connectivity index (χ1n) is 5.45. The largest absolute Gasteiger partial charge is 0.309 e. The number of rotatable bonds is 5. The first-order valence-corrected chi connectivity index (χ1v) is 6.27. The lowest BCUT2D eigenvalue weighted by Gasteiger charge is -2.13. The van der Waals surface area contributed by atoms with E-state index in [0.29, 0.717) is 6.04 Å². The van der Waals surface area contributed by atoms with E-state index in [1.807, 2.05) is 11.3 Å². The highest BCUT2D eigenvalue weighted by atomic mass is 32.1. The molecular weight excluding hydrogens is 190 g/mol. The minimum Gasteiger partial charge on any atom is -0.309 e. The molecule has 0 amide bonds. The molecule has 0 radical (unpaired) electrons. The van der Waals surface area contributed by atoms with Crippen LogP contribution in [-0.4, -0.2) is 6.54 Å². The SMILES string of the molecule is CCc1ccc(C(C)NCC(C)C)s1. The third kappa shape index (κ3) is 3.43. The predicted molar refractivity (Wildman–Crippen MR) is 65.0 cm³/mol. The van der Waals surface area contributed by atoms with Gasteiger partial charge in [-0.1, -0.05) is 20.8 Å². The summed E-state index contributed by atoms with van der Waals surface area (Å²) in [5.74, 6) is 0.725. The molecule has 1 atom stereocenters. The Bertz CT molecular complexity index is 265. The quantitative estimate of drug-likeness (QED) is 0.784. The van der Waals surface area contributed by atoms with Crippen LogP contribution in [0.2, 0.25) is 0 Å². The van der Waals surface area contributed by atoms with Crippen molar-refractivity contribution in [1.82, 2.24) is 5.32 Å². The summed E-state index contributed by atoms with van der Waals surface area (Å²) in [7, 11) is 0. The van der Waals surface area contributed by atoms with Crippen molar-refractivity contribution in [2.24, 2.45) is 5.92 Å². The van der Waals surface area contributed by atoms with Crippen molar-refractivity contribution < 1.29 is 0 Å². The van der Waals surface area contributed by atoms with E-state index < -0.39 is 0 Å². The van der Waals surface area contributed by atoms with Crippen LogP contribution in [0.1, 0.15) is 43.5 Å². The van der Waals surface area contributed by atoms with E-state index in [9.17, 15) is 0 Å². The summed E-state index contributed by atoms with van der Waals surface area (Å²) < 4.78 is 0. The number of nitrogens with one attached hydrogen (secondary N) is 1. The van der Waals surface area contributed by atoms with Gasteiger partial charge in [-0.25, -0.2) is 0 Å². The van der Waals surface area contributed by atoms with E-state index in [1.165, 1.54) is 9.75 Å². The second kappa shape index (κ2) is 5.52. The van der Waals surface area contributed by atoms with E-state index in [0.717, 1.165) is 18.9 Å². The van der Waals surface area contributed by atoms with Gasteiger partial charge in [-0.3, -0.25) is 0 Å². The lowest BCUT2D eigenvalue weighted by molar-refractivity contribution is 0.500. The maximum absolute atomic E-state index is 3.55. The highest BCUT2D eigenvalue weighted by Gasteiger charge is 2.07. The molecule has 0 spiro atoms. The topological polar surface area (TPSA) is 12.0 Å². The Balaban J connectivity index is 2.47. The van der Waals surface area contributed by atoms with Crippen LogP contribution in [-0.2, 0) is 6.42 Å². The first-order chi connectivity index (χ1) is 6.63. The summed E-state index contributed by atoms with van der Waals surface area (Å²) in [6.07, 6.45) is 1.15. The zero-order valence-electron chi connectivity index (χ0n) is 9.63. The van der Waals surface area contributed by atoms with Crippen molar-refractivity contribution in [2.45, 2.75) is 40.2 Å². The zero-order chi connectivity index (χ0) is 10.6. The Hall–Kier alpha value is -0.340. The Morgan fingerprint density at radius 3 is 2.50 bits per heavy atom. The number of aryl methyl sites for hydroxylation is 1. The van der Waals surface area contributed by atoms with Crippen molar-refractivity contribution in [1.29, 1.82) is 0 Å². The Labute approximate surface area is 91.5 Å². The van der Waals surface area contributed by atoms with Crippen molar-refractivity contribution in [3.05, 3.63) is 21.9 Å². The van der Waals surface area contributed by atoms with Crippen molar-refractivity contribution >= 4 is 11.3 Å². The number of thiophene rings is 1. The predicted octanol–water partition coefficient (Wildman–Crippen LogP) is 3.62. The van der Waals surface area contributed by atoms with Gasteiger partial charge in [-0.2, -0.15) is 0 Å². The molecule has 1 rings (SSSR count). The molecule has 14 heavy (non-hydrogen) atoms. The smallest absolute Gasteiger partial charge is 0.0386 e. The fourth-order valence-electron chi connectivity index (χ4n) is 1.33. The molecule has 0 aliphatic heterocycles. The van der Waals surface area contributed by atoms with Crippen LogP contribution in [0.3, 0.4) is 0 Å². The van der Waals surface area contributed by atoms with Crippen LogP contribution in [0, 0.1) is 5.92 Å². The van der Waals surface area contributed by atoms with Gasteiger partial charge in [0.25, 0.3) is 0 Å². The Morgan fingerprint density at radius 2 is 2.00 bits per heavy atom. The molecule has 2 heteroatoms. The van der Waals surface area contributed by atoms with E-state index >= 15 is 0 Å². The van der Waals surface area contributed by atoms with Crippen LogP contribution in [0.15, 0.2) is 12.1 Å². The molecule has 0 aliphatic carbocycles. The molecular formula is C12H21NS. The summed E-state index contributed by atoms with van der Waals surface area (Å²) in [4.78, 5) is 2.95. The fourth-order valence-corrected chi connectivity index (χ4v) is 2.31. The van der Waals surface area contributed by atoms with Crippen LogP contribution in [0.25, 0.3) is 0 Å². The third-order valence-corrected chi connectivity index (χ3v) is 3.70. The summed E-state index contributed by atoms with van der Waals surface area (Å²) >= 11 is 1.93. The minimum absolute atomic E-state index is 0.502. The summed E-state index contributed by atoms with van der Waals surface area (Å²) in [6.45, 7) is 10.0. The van der Waals surface area contributed by atoms with Crippen LogP contribution in [0.4, 0.5) is 0 Å². The second-order valence-corrected chi connectivity index (χ2v) is 5.38. The standard InChI is InChI=1S/C12H21NS/c1-5-11-6-7-12(14-11)10(4)13-8-9(2)3/h6-7,9-10,13H,5,8H2,1-4H3. The highest BCUT2D eigenvalue weighted by Crippen LogP contribution is 2.23. The maximum Gasteiger partial charge on any atom is 0.0386 e. The van der Waals surface area contributed by atoms with Gasteiger partial charge in [-0.05, 0) is 37.9 Å². The molecule has 1 N–H and O–H groups in total. The normalized spacial score (nSPS) is 13.5. The number of hydrogen-bond acceptors (Lipinski definition) is 2. The van der Waals surface area contributed by atoms with Crippen molar-refractivity contribution in [3.8, 4) is 0 Å². The van der Waals surface area contributed by atoms with Gasteiger partial charge in [0, 0.05) is 15.8 Å². The minimum atomic E-state index is 0.502. The average molecular weight is 211 g/mol. The molecule has 1 aromatic heterocycles. The van der Waals surface area contributed by atoms with E-state index in [-0.39, 0.29) is 0 Å². The van der Waals surface area contributed by atoms with Crippen molar-refractivity contribution in [3.63, 3.8) is 0 Å². The zero-order valence-corrected chi connectivity index (χ0v) is 10.4. The molecule has 80 valence electrons. The number of hydrogen-bond donors (Lipinski definition) is 1. The summed E-state index contributed by atoms with van der Waals surface area (Å²) in [5.41, 5.74) is 0. The molecule has 0 saturated heterocycles. The van der Waals surface area contributed by atoms with Crippen LogP contribution in [0.5, 0.6) is 0 Å². The van der Waals surface area contributed by atoms with Gasteiger partial charge in [0.1, 0.15) is 0 Å². The van der Waals surface area contributed by atoms with E-state index in [1.54, 1.807) is 0 Å². The van der Waals surface area contributed by atoms with Gasteiger partial charge in [0.05, 0.1) is 0 Å². The Kier molecular flexibility index (Phi) is 4.63. The van der Waals surface area contributed by atoms with E-state index in [2.05, 4.69) is 45.1 Å². The molecule has 0 bridgehead atoms. The average Bonchev–Trinajstić information content (AvgIpc) is 2.62. The van der Waals surface area contributed by atoms with Gasteiger partial charge in [-0.15, -0.1) is 11.3 Å². The lowest BCUT2D eigenvalue weighted by atomic mass is 10.2. The first kappa shape index (κ1) is 11.7. The lowest BCUT2D eigenvalue weighted by Crippen LogP contribution is -2.22. The monoisotopic (exact) mass is 211 g/mol. The van der Waals surface area contributed by atoms with Gasteiger partial charge in [0.15, 0.2) is 0 Å². The molecule has 0 aromatic carbocycles. The molecule has 0 saturated carbocycles. The van der Waals surface area contributed by atoms with Crippen LogP contribution >= 0.6 is 11.3 Å². The Morgan fingerprint density at radius 1 is 1.29 bits per heavy atom.